The second-order valence-electron chi connectivity index (χ2n) is 8.22. The summed E-state index contributed by atoms with van der Waals surface area (Å²) >= 11 is 0. The fraction of sp³-hybridized carbons (Fsp3) is 0.280. The number of nitrogens with two attached hydrogens (primary N) is 2. The van der Waals surface area contributed by atoms with Crippen LogP contribution in [0, 0.1) is 6.92 Å². The molecule has 2 aromatic carbocycles. The molecule has 0 aliphatic carbocycles. The standard InChI is InChI=1S/C25H28N6O3/c1-3-20-25(34-19-6-4-5-16(26)14-19)30-24(22(29-20)23(27)33)28-17-7-8-21(15(2)13-17)31-11-9-18(32)10-12-31/h4-8,13-14H,3,9-12,26H2,1-2H3,(H2,27,33)(H,28,30). The first kappa shape index (κ1) is 23.0. The number of aryl methyl sites for hydroxylation is 2. The van der Waals surface area contributed by atoms with Crippen LogP contribution >= 0.6 is 0 Å². The molecule has 0 saturated carbocycles. The monoisotopic (exact) mass is 460 g/mol. The predicted molar refractivity (Wildman–Crippen MR) is 132 cm³/mol. The summed E-state index contributed by atoms with van der Waals surface area (Å²) in [6.45, 7) is 5.33. The van der Waals surface area contributed by atoms with E-state index in [4.69, 9.17) is 16.2 Å². The minimum Gasteiger partial charge on any atom is -0.437 e. The third-order valence-electron chi connectivity index (χ3n) is 5.69. The second kappa shape index (κ2) is 9.78. The Morgan fingerprint density at radius 3 is 2.56 bits per heavy atom. The molecule has 1 aromatic heterocycles. The second-order valence-corrected chi connectivity index (χ2v) is 8.22. The van der Waals surface area contributed by atoms with Crippen LogP contribution in [-0.4, -0.2) is 34.7 Å². The average Bonchev–Trinajstić information content (AvgIpc) is 2.80. The molecule has 34 heavy (non-hydrogen) atoms. The van der Waals surface area contributed by atoms with E-state index in [0.717, 1.165) is 16.9 Å². The van der Waals surface area contributed by atoms with Crippen molar-refractivity contribution in [3.63, 3.8) is 0 Å². The average molecular weight is 461 g/mol. The maximum atomic E-state index is 12.1. The van der Waals surface area contributed by atoms with Crippen LogP contribution in [0.1, 0.15) is 41.5 Å². The molecule has 9 nitrogen and oxygen atoms in total. The summed E-state index contributed by atoms with van der Waals surface area (Å²) in [6, 6.07) is 12.9. The van der Waals surface area contributed by atoms with Crippen molar-refractivity contribution in [3.8, 4) is 11.6 Å². The van der Waals surface area contributed by atoms with Gasteiger partial charge >= 0.3 is 0 Å². The van der Waals surface area contributed by atoms with Crippen molar-refractivity contribution in [3.05, 3.63) is 59.4 Å². The number of nitrogens with zero attached hydrogens (tertiary/aromatic N) is 3. The smallest absolute Gasteiger partial charge is 0.271 e. The van der Waals surface area contributed by atoms with E-state index in [9.17, 15) is 9.59 Å². The number of hydrogen-bond donors (Lipinski definition) is 3. The molecule has 0 radical (unpaired) electrons. The molecule has 1 fully saturated rings. The number of piperidine rings is 1. The van der Waals surface area contributed by atoms with Crippen LogP contribution in [0.5, 0.6) is 11.6 Å². The number of benzene rings is 2. The number of ketones is 1. The molecule has 0 atom stereocenters. The van der Waals surface area contributed by atoms with Crippen molar-refractivity contribution < 1.29 is 14.3 Å². The number of carbonyl (C=O) groups is 2. The number of ether oxygens (including phenoxy) is 1. The lowest BCUT2D eigenvalue weighted by Crippen LogP contribution is -2.34. The van der Waals surface area contributed by atoms with Gasteiger partial charge < -0.3 is 26.4 Å². The van der Waals surface area contributed by atoms with Gasteiger partial charge in [0, 0.05) is 49.1 Å². The van der Waals surface area contributed by atoms with Gasteiger partial charge in [-0.25, -0.2) is 4.98 Å². The van der Waals surface area contributed by atoms with Gasteiger partial charge in [0.2, 0.25) is 5.88 Å². The summed E-state index contributed by atoms with van der Waals surface area (Å²) in [6.07, 6.45) is 1.63. The molecule has 176 valence electrons. The molecule has 0 bridgehead atoms. The van der Waals surface area contributed by atoms with Crippen LogP contribution in [0.4, 0.5) is 22.9 Å². The van der Waals surface area contributed by atoms with Crippen molar-refractivity contribution in [1.29, 1.82) is 0 Å². The van der Waals surface area contributed by atoms with Gasteiger partial charge in [-0.3, -0.25) is 9.59 Å². The summed E-state index contributed by atoms with van der Waals surface area (Å²) in [5.41, 5.74) is 15.4. The molecule has 3 aromatic rings. The van der Waals surface area contributed by atoms with E-state index in [1.807, 2.05) is 32.0 Å². The molecule has 1 saturated heterocycles. The third kappa shape index (κ3) is 5.09. The van der Waals surface area contributed by atoms with Crippen LogP contribution < -0.4 is 26.4 Å². The molecule has 9 heteroatoms. The van der Waals surface area contributed by atoms with Crippen LogP contribution in [0.3, 0.4) is 0 Å². The van der Waals surface area contributed by atoms with Gasteiger partial charge in [0.1, 0.15) is 17.2 Å². The summed E-state index contributed by atoms with van der Waals surface area (Å²) in [5.74, 6) is 0.608. The topological polar surface area (TPSA) is 136 Å². The van der Waals surface area contributed by atoms with E-state index in [0.29, 0.717) is 55.3 Å². The van der Waals surface area contributed by atoms with Crippen molar-refractivity contribution in [2.45, 2.75) is 33.1 Å². The van der Waals surface area contributed by atoms with Crippen molar-refractivity contribution >= 4 is 34.6 Å². The van der Waals surface area contributed by atoms with Gasteiger partial charge in [-0.05, 0) is 49.2 Å². The number of anilines is 4. The molecule has 5 N–H and O–H groups in total. The molecule has 2 heterocycles. The van der Waals surface area contributed by atoms with E-state index in [-0.39, 0.29) is 17.4 Å². The lowest BCUT2D eigenvalue weighted by Gasteiger charge is -2.29. The van der Waals surface area contributed by atoms with Crippen LogP contribution in [0.15, 0.2) is 42.5 Å². The Morgan fingerprint density at radius 1 is 1.15 bits per heavy atom. The Bertz CT molecular complexity index is 1230. The van der Waals surface area contributed by atoms with E-state index >= 15 is 0 Å². The highest BCUT2D eigenvalue weighted by Gasteiger charge is 2.20. The SMILES string of the molecule is CCc1nc(C(N)=O)c(Nc2ccc(N3CCC(=O)CC3)c(C)c2)nc1Oc1cccc(N)c1. The maximum absolute atomic E-state index is 12.1. The number of Topliss-reactive ketones (excluding diaryl/α,β-unsaturated/α-hetero) is 1. The van der Waals surface area contributed by atoms with Crippen LogP contribution in [0.25, 0.3) is 0 Å². The zero-order valence-electron chi connectivity index (χ0n) is 19.3. The van der Waals surface area contributed by atoms with Crippen LogP contribution in [-0.2, 0) is 11.2 Å². The predicted octanol–water partition coefficient (Wildman–Crippen LogP) is 3.73. The third-order valence-corrected chi connectivity index (χ3v) is 5.69. The minimum atomic E-state index is -0.688. The Balaban J connectivity index is 1.64. The Kier molecular flexibility index (Phi) is 6.62. The Hall–Kier alpha value is -4.14. The van der Waals surface area contributed by atoms with Gasteiger partial charge in [-0.15, -0.1) is 0 Å². The maximum Gasteiger partial charge on any atom is 0.271 e. The van der Waals surface area contributed by atoms with Gasteiger partial charge in [0.25, 0.3) is 5.91 Å². The van der Waals surface area contributed by atoms with Crippen molar-refractivity contribution in [2.75, 3.05) is 29.0 Å². The van der Waals surface area contributed by atoms with Crippen molar-refractivity contribution in [2.24, 2.45) is 5.73 Å². The lowest BCUT2D eigenvalue weighted by molar-refractivity contribution is -0.119. The lowest BCUT2D eigenvalue weighted by atomic mass is 10.1. The molecule has 1 aliphatic rings. The normalized spacial score (nSPS) is 13.6. The van der Waals surface area contributed by atoms with Gasteiger partial charge in [0.15, 0.2) is 11.5 Å². The summed E-state index contributed by atoms with van der Waals surface area (Å²) in [7, 11) is 0. The Morgan fingerprint density at radius 2 is 1.91 bits per heavy atom. The molecular formula is C25H28N6O3. The number of hydrogen-bond acceptors (Lipinski definition) is 8. The number of nitrogens with one attached hydrogen (secondary N) is 1. The highest BCUT2D eigenvalue weighted by atomic mass is 16.5. The van der Waals surface area contributed by atoms with E-state index in [2.05, 4.69) is 20.2 Å². The quantitative estimate of drug-likeness (QED) is 0.454. The fourth-order valence-electron chi connectivity index (χ4n) is 3.94. The van der Waals surface area contributed by atoms with E-state index in [1.165, 1.54) is 0 Å². The van der Waals surface area contributed by atoms with E-state index in [1.54, 1.807) is 24.3 Å². The number of rotatable bonds is 7. The van der Waals surface area contributed by atoms with Gasteiger partial charge in [0.05, 0.1) is 0 Å². The van der Waals surface area contributed by atoms with Crippen LogP contribution in [0.2, 0.25) is 0 Å². The Labute approximate surface area is 198 Å². The number of nitrogen functional groups attached to an aromatic ring is 1. The van der Waals surface area contributed by atoms with Gasteiger partial charge in [-0.2, -0.15) is 4.98 Å². The highest BCUT2D eigenvalue weighted by Crippen LogP contribution is 2.30. The summed E-state index contributed by atoms with van der Waals surface area (Å²) in [5, 5.41) is 3.17. The number of aromatic nitrogens is 2. The zero-order valence-corrected chi connectivity index (χ0v) is 19.3. The summed E-state index contributed by atoms with van der Waals surface area (Å²) < 4.78 is 5.95. The fourth-order valence-corrected chi connectivity index (χ4v) is 3.94. The number of amides is 1. The number of primary amides is 1. The molecule has 0 unspecified atom stereocenters. The zero-order chi connectivity index (χ0) is 24.2. The van der Waals surface area contributed by atoms with E-state index < -0.39 is 5.91 Å². The molecule has 1 amide bonds. The largest absolute Gasteiger partial charge is 0.437 e. The first-order valence-electron chi connectivity index (χ1n) is 11.2. The molecule has 1 aliphatic heterocycles. The number of carbonyl (C=O) groups excluding carboxylic acids is 2. The summed E-state index contributed by atoms with van der Waals surface area (Å²) in [4.78, 5) is 34.9. The molecule has 0 spiro atoms. The molecule has 4 rings (SSSR count). The first-order chi connectivity index (χ1) is 16.3. The minimum absolute atomic E-state index is 0.0352. The highest BCUT2D eigenvalue weighted by molar-refractivity contribution is 5.96. The van der Waals surface area contributed by atoms with Gasteiger partial charge in [-0.1, -0.05) is 13.0 Å². The van der Waals surface area contributed by atoms with Crippen molar-refractivity contribution in [1.82, 2.24) is 9.97 Å². The first-order valence-corrected chi connectivity index (χ1v) is 11.2. The molecular weight excluding hydrogens is 432 g/mol.